The molecule has 1 aliphatic rings. The maximum atomic E-state index is 13.1. The maximum Gasteiger partial charge on any atom is 0.254 e. The molecule has 2 aromatic rings. The average Bonchev–Trinajstić information content (AvgIpc) is 2.68. The first-order valence-electron chi connectivity index (χ1n) is 8.74. The van der Waals surface area contributed by atoms with Crippen LogP contribution in [0.15, 0.2) is 58.3 Å². The van der Waals surface area contributed by atoms with Gasteiger partial charge in [0.25, 0.3) is 5.91 Å². The third-order valence-corrected chi connectivity index (χ3v) is 5.94. The van der Waals surface area contributed by atoms with Gasteiger partial charge < -0.3 is 4.90 Å². The zero-order valence-electron chi connectivity index (χ0n) is 14.4. The molecule has 0 aliphatic heterocycles. The van der Waals surface area contributed by atoms with Crippen molar-refractivity contribution in [2.24, 2.45) is 0 Å². The van der Waals surface area contributed by atoms with Crippen LogP contribution in [0.2, 0.25) is 0 Å². The summed E-state index contributed by atoms with van der Waals surface area (Å²) < 4.78 is 0. The van der Waals surface area contributed by atoms with Crippen LogP contribution in [0, 0.1) is 11.3 Å². The highest BCUT2D eigenvalue weighted by Gasteiger charge is 2.24. The Labute approximate surface area is 153 Å². The highest BCUT2D eigenvalue weighted by molar-refractivity contribution is 7.99. The Morgan fingerprint density at radius 2 is 1.68 bits per heavy atom. The summed E-state index contributed by atoms with van der Waals surface area (Å²) in [6.45, 7) is 0. The molecule has 1 saturated carbocycles. The first-order chi connectivity index (χ1) is 12.2. The summed E-state index contributed by atoms with van der Waals surface area (Å²) in [5, 5.41) is 9.29. The molecule has 0 unspecified atom stereocenters. The topological polar surface area (TPSA) is 44.1 Å². The van der Waals surface area contributed by atoms with Crippen LogP contribution >= 0.6 is 11.8 Å². The molecule has 2 aromatic carbocycles. The van der Waals surface area contributed by atoms with Crippen LogP contribution in [-0.2, 0) is 0 Å². The number of benzene rings is 2. The SMILES string of the molecule is CN(C(=O)c1ccccc1Sc1ccccc1C#N)C1CCCCC1. The monoisotopic (exact) mass is 350 g/mol. The van der Waals surface area contributed by atoms with E-state index in [9.17, 15) is 10.1 Å². The van der Waals surface area contributed by atoms with Gasteiger partial charge in [0.05, 0.1) is 11.1 Å². The number of nitrogens with zero attached hydrogens (tertiary/aromatic N) is 2. The van der Waals surface area contributed by atoms with Crippen molar-refractivity contribution in [2.45, 2.75) is 47.9 Å². The predicted octanol–water partition coefficient (Wildman–Crippen LogP) is 5.11. The van der Waals surface area contributed by atoms with Gasteiger partial charge >= 0.3 is 0 Å². The fraction of sp³-hybridized carbons (Fsp3) is 0.333. The van der Waals surface area contributed by atoms with Crippen molar-refractivity contribution in [1.29, 1.82) is 5.26 Å². The summed E-state index contributed by atoms with van der Waals surface area (Å²) in [5.41, 5.74) is 1.35. The molecular formula is C21H22N2OS. The molecule has 3 rings (SSSR count). The molecule has 0 aromatic heterocycles. The minimum absolute atomic E-state index is 0.0736. The average molecular weight is 350 g/mol. The maximum absolute atomic E-state index is 13.1. The normalized spacial score (nSPS) is 14.7. The standard InChI is InChI=1S/C21H22N2OS/c1-23(17-10-3-2-4-11-17)21(24)18-12-6-8-14-20(18)25-19-13-7-5-9-16(19)15-22/h5-9,12-14,17H,2-4,10-11H2,1H3. The molecule has 4 heteroatoms. The molecule has 0 spiro atoms. The zero-order chi connectivity index (χ0) is 17.6. The minimum Gasteiger partial charge on any atom is -0.339 e. The molecule has 0 atom stereocenters. The number of carbonyl (C=O) groups is 1. The van der Waals surface area contributed by atoms with E-state index in [-0.39, 0.29) is 5.91 Å². The van der Waals surface area contributed by atoms with Crippen LogP contribution in [0.5, 0.6) is 0 Å². The molecule has 0 N–H and O–H groups in total. The van der Waals surface area contributed by atoms with Gasteiger partial charge in [-0.3, -0.25) is 4.79 Å². The quantitative estimate of drug-likeness (QED) is 0.769. The van der Waals surface area contributed by atoms with E-state index in [1.165, 1.54) is 31.0 Å². The van der Waals surface area contributed by atoms with E-state index in [0.29, 0.717) is 17.2 Å². The van der Waals surface area contributed by atoms with E-state index in [1.54, 1.807) is 6.07 Å². The van der Waals surface area contributed by atoms with E-state index in [4.69, 9.17) is 0 Å². The summed E-state index contributed by atoms with van der Waals surface area (Å²) in [4.78, 5) is 16.7. The number of hydrogen-bond acceptors (Lipinski definition) is 3. The fourth-order valence-electron chi connectivity index (χ4n) is 3.32. The second kappa shape index (κ2) is 8.22. The zero-order valence-corrected chi connectivity index (χ0v) is 15.3. The first-order valence-corrected chi connectivity index (χ1v) is 9.55. The highest BCUT2D eigenvalue weighted by atomic mass is 32.2. The second-order valence-electron chi connectivity index (χ2n) is 6.41. The molecule has 0 saturated heterocycles. The second-order valence-corrected chi connectivity index (χ2v) is 7.50. The van der Waals surface area contributed by atoms with Crippen molar-refractivity contribution in [1.82, 2.24) is 4.90 Å². The van der Waals surface area contributed by atoms with Crippen molar-refractivity contribution < 1.29 is 4.79 Å². The summed E-state index contributed by atoms with van der Waals surface area (Å²) in [7, 11) is 1.92. The summed E-state index contributed by atoms with van der Waals surface area (Å²) in [6.07, 6.45) is 5.86. The van der Waals surface area contributed by atoms with Crippen LogP contribution < -0.4 is 0 Å². The summed E-state index contributed by atoms with van der Waals surface area (Å²) in [5.74, 6) is 0.0736. The summed E-state index contributed by atoms with van der Waals surface area (Å²) >= 11 is 1.49. The number of nitriles is 1. The molecule has 0 heterocycles. The van der Waals surface area contributed by atoms with Crippen molar-refractivity contribution in [3.05, 3.63) is 59.7 Å². The Bertz CT molecular complexity index is 790. The highest BCUT2D eigenvalue weighted by Crippen LogP contribution is 2.33. The van der Waals surface area contributed by atoms with Crippen molar-refractivity contribution in [3.63, 3.8) is 0 Å². The number of carbonyl (C=O) groups excluding carboxylic acids is 1. The van der Waals surface area contributed by atoms with Gasteiger partial charge in [-0.15, -0.1) is 0 Å². The van der Waals surface area contributed by atoms with Crippen molar-refractivity contribution in [3.8, 4) is 6.07 Å². The molecule has 1 amide bonds. The number of rotatable bonds is 4. The van der Waals surface area contributed by atoms with Gasteiger partial charge in [0.15, 0.2) is 0 Å². The van der Waals surface area contributed by atoms with E-state index in [0.717, 1.165) is 22.6 Å². The Kier molecular flexibility index (Phi) is 5.78. The van der Waals surface area contributed by atoms with Crippen molar-refractivity contribution >= 4 is 17.7 Å². The smallest absolute Gasteiger partial charge is 0.254 e. The molecule has 0 bridgehead atoms. The van der Waals surface area contributed by atoms with Crippen molar-refractivity contribution in [2.75, 3.05) is 7.05 Å². The van der Waals surface area contributed by atoms with E-state index in [2.05, 4.69) is 6.07 Å². The van der Waals surface area contributed by atoms with Crippen LogP contribution in [-0.4, -0.2) is 23.9 Å². The Hall–Kier alpha value is -2.25. The molecule has 1 aliphatic carbocycles. The third kappa shape index (κ3) is 4.05. The molecule has 3 nitrogen and oxygen atoms in total. The minimum atomic E-state index is 0.0736. The molecule has 1 fully saturated rings. The molecule has 25 heavy (non-hydrogen) atoms. The van der Waals surface area contributed by atoms with Crippen LogP contribution in [0.3, 0.4) is 0 Å². The number of amides is 1. The Balaban J connectivity index is 1.85. The van der Waals surface area contributed by atoms with E-state index in [1.807, 2.05) is 54.4 Å². The largest absolute Gasteiger partial charge is 0.339 e. The van der Waals surface area contributed by atoms with Gasteiger partial charge in [-0.05, 0) is 37.1 Å². The van der Waals surface area contributed by atoms with Crippen LogP contribution in [0.4, 0.5) is 0 Å². The van der Waals surface area contributed by atoms with Gasteiger partial charge in [-0.25, -0.2) is 0 Å². The van der Waals surface area contributed by atoms with Gasteiger partial charge in [0.2, 0.25) is 0 Å². The first kappa shape index (κ1) is 17.6. The van der Waals surface area contributed by atoms with Gasteiger partial charge in [0, 0.05) is 22.9 Å². The summed E-state index contributed by atoms with van der Waals surface area (Å²) in [6, 6.07) is 17.8. The Morgan fingerprint density at radius 1 is 1.04 bits per heavy atom. The van der Waals surface area contributed by atoms with E-state index >= 15 is 0 Å². The lowest BCUT2D eigenvalue weighted by Gasteiger charge is -2.31. The Morgan fingerprint density at radius 3 is 2.40 bits per heavy atom. The van der Waals surface area contributed by atoms with E-state index < -0.39 is 0 Å². The number of hydrogen-bond donors (Lipinski definition) is 0. The lowest BCUT2D eigenvalue weighted by molar-refractivity contribution is 0.0693. The van der Waals surface area contributed by atoms with Gasteiger partial charge in [-0.2, -0.15) is 5.26 Å². The van der Waals surface area contributed by atoms with Crippen LogP contribution in [0.1, 0.15) is 48.0 Å². The van der Waals surface area contributed by atoms with Crippen LogP contribution in [0.25, 0.3) is 0 Å². The molecule has 0 radical (unpaired) electrons. The predicted molar refractivity (Wildman–Crippen MR) is 101 cm³/mol. The van der Waals surface area contributed by atoms with Gasteiger partial charge in [0.1, 0.15) is 6.07 Å². The lowest BCUT2D eigenvalue weighted by atomic mass is 9.94. The lowest BCUT2D eigenvalue weighted by Crippen LogP contribution is -2.38. The third-order valence-electron chi connectivity index (χ3n) is 4.79. The molecular weight excluding hydrogens is 328 g/mol. The van der Waals surface area contributed by atoms with Gasteiger partial charge in [-0.1, -0.05) is 55.3 Å². The molecule has 128 valence electrons. The fourth-order valence-corrected chi connectivity index (χ4v) is 4.34.